The van der Waals surface area contributed by atoms with Gasteiger partial charge in [0.1, 0.15) is 11.5 Å². The number of aromatic nitrogens is 2. The molecule has 3 N–H and O–H groups in total. The summed E-state index contributed by atoms with van der Waals surface area (Å²) in [4.78, 5) is 35.8. The highest BCUT2D eigenvalue weighted by Crippen LogP contribution is 2.16. The third-order valence-electron chi connectivity index (χ3n) is 3.66. The number of nitrogens with one attached hydrogen (secondary N) is 3. The van der Waals surface area contributed by atoms with Gasteiger partial charge in [0.2, 0.25) is 0 Å². The number of ether oxygens (including phenoxy) is 2. The van der Waals surface area contributed by atoms with Gasteiger partial charge in [0.05, 0.1) is 12.5 Å². The van der Waals surface area contributed by atoms with Crippen LogP contribution in [0, 0.1) is 0 Å². The lowest BCUT2D eigenvalue weighted by Gasteiger charge is -2.09. The average Bonchev–Trinajstić information content (AvgIpc) is 2.71. The smallest absolute Gasteiger partial charge is 0.290 e. The lowest BCUT2D eigenvalue weighted by Crippen LogP contribution is -2.44. The van der Waals surface area contributed by atoms with Crippen molar-refractivity contribution in [2.45, 2.75) is 0 Å². The van der Waals surface area contributed by atoms with Crippen molar-refractivity contribution in [1.82, 2.24) is 21.0 Å². The summed E-state index contributed by atoms with van der Waals surface area (Å²) in [6, 6.07) is 13.2. The lowest BCUT2D eigenvalue weighted by atomic mass is 10.1. The molecule has 2 aromatic carbocycles. The molecular weight excluding hydrogens is 352 g/mol. The number of methoxy groups -OCH3 is 1. The zero-order chi connectivity index (χ0) is 19.2. The molecule has 138 valence electrons. The summed E-state index contributed by atoms with van der Waals surface area (Å²) >= 11 is 0. The van der Waals surface area contributed by atoms with Gasteiger partial charge < -0.3 is 9.47 Å². The van der Waals surface area contributed by atoms with E-state index >= 15 is 0 Å². The molecule has 1 aromatic heterocycles. The van der Waals surface area contributed by atoms with Gasteiger partial charge in [-0.05, 0) is 30.3 Å². The van der Waals surface area contributed by atoms with E-state index in [9.17, 15) is 14.4 Å². The fourth-order valence-corrected chi connectivity index (χ4v) is 2.33. The Hall–Kier alpha value is -3.88. The molecule has 27 heavy (non-hydrogen) atoms. The van der Waals surface area contributed by atoms with Crippen LogP contribution in [0.3, 0.4) is 0 Å². The summed E-state index contributed by atoms with van der Waals surface area (Å²) in [5.41, 5.74) is 4.06. The van der Waals surface area contributed by atoms with Crippen molar-refractivity contribution in [3.8, 4) is 11.5 Å². The number of H-pyrrole nitrogens is 1. The number of fused-ring (bicyclic) bond motifs is 1. The average molecular weight is 368 g/mol. The SMILES string of the molecule is COc1ccc(OCC(=O)NNC(=O)c2n[nH]c(=O)c3ccccc23)cc1. The molecule has 0 unspecified atom stereocenters. The van der Waals surface area contributed by atoms with E-state index in [4.69, 9.17) is 9.47 Å². The van der Waals surface area contributed by atoms with Crippen LogP contribution in [0.4, 0.5) is 0 Å². The Kier molecular flexibility index (Phi) is 5.31. The van der Waals surface area contributed by atoms with E-state index in [0.717, 1.165) is 0 Å². The minimum Gasteiger partial charge on any atom is -0.497 e. The molecule has 0 fully saturated rings. The maximum atomic E-state index is 12.3. The molecule has 0 aliphatic carbocycles. The second-order valence-corrected chi connectivity index (χ2v) is 5.41. The second kappa shape index (κ2) is 8.00. The number of aromatic amines is 1. The van der Waals surface area contributed by atoms with Gasteiger partial charge in [-0.25, -0.2) is 5.10 Å². The summed E-state index contributed by atoms with van der Waals surface area (Å²) in [6.07, 6.45) is 0. The summed E-state index contributed by atoms with van der Waals surface area (Å²) < 4.78 is 10.3. The van der Waals surface area contributed by atoms with E-state index < -0.39 is 17.4 Å². The first kappa shape index (κ1) is 17.9. The summed E-state index contributed by atoms with van der Waals surface area (Å²) in [7, 11) is 1.55. The van der Waals surface area contributed by atoms with E-state index in [2.05, 4.69) is 21.0 Å². The Bertz CT molecular complexity index is 1030. The number of hydrogen-bond donors (Lipinski definition) is 3. The molecule has 2 amide bonds. The molecule has 0 aliphatic rings. The number of amides is 2. The lowest BCUT2D eigenvalue weighted by molar-refractivity contribution is -0.123. The maximum absolute atomic E-state index is 12.3. The van der Waals surface area contributed by atoms with Gasteiger partial charge in [0.15, 0.2) is 12.3 Å². The van der Waals surface area contributed by atoms with Crippen LogP contribution in [0.5, 0.6) is 11.5 Å². The van der Waals surface area contributed by atoms with Crippen molar-refractivity contribution in [3.63, 3.8) is 0 Å². The Labute approximate surface area is 153 Å². The minimum atomic E-state index is -0.666. The van der Waals surface area contributed by atoms with Crippen LogP contribution in [-0.2, 0) is 4.79 Å². The standard InChI is InChI=1S/C18H16N4O5/c1-26-11-6-8-12(9-7-11)27-10-15(23)19-22-18(25)16-13-4-2-3-5-14(13)17(24)21-20-16/h2-9H,10H2,1H3,(H,19,23)(H,21,24)(H,22,25). The quantitative estimate of drug-likeness (QED) is 0.572. The number of carbonyl (C=O) groups excluding carboxylic acids is 2. The van der Waals surface area contributed by atoms with Crippen molar-refractivity contribution in [2.24, 2.45) is 0 Å². The van der Waals surface area contributed by atoms with Crippen molar-refractivity contribution in [3.05, 3.63) is 64.6 Å². The molecule has 0 saturated carbocycles. The Morgan fingerprint density at radius 1 is 1.00 bits per heavy atom. The van der Waals surface area contributed by atoms with Crippen LogP contribution >= 0.6 is 0 Å². The first-order valence-electron chi connectivity index (χ1n) is 7.92. The highest BCUT2D eigenvalue weighted by atomic mass is 16.5. The van der Waals surface area contributed by atoms with Gasteiger partial charge in [0, 0.05) is 5.39 Å². The van der Waals surface area contributed by atoms with E-state index in [1.807, 2.05) is 0 Å². The largest absolute Gasteiger partial charge is 0.497 e. The molecule has 1 heterocycles. The number of hydrogen-bond acceptors (Lipinski definition) is 6. The summed E-state index contributed by atoms with van der Waals surface area (Å²) in [5.74, 6) is -0.0848. The number of nitrogens with zero attached hydrogens (tertiary/aromatic N) is 1. The molecule has 0 saturated heterocycles. The van der Waals surface area contributed by atoms with Crippen molar-refractivity contribution in [2.75, 3.05) is 13.7 Å². The fourth-order valence-electron chi connectivity index (χ4n) is 2.33. The maximum Gasteiger partial charge on any atom is 0.290 e. The van der Waals surface area contributed by atoms with Crippen LogP contribution in [-0.4, -0.2) is 35.7 Å². The monoisotopic (exact) mass is 368 g/mol. The predicted molar refractivity (Wildman–Crippen MR) is 96.5 cm³/mol. The van der Waals surface area contributed by atoms with Gasteiger partial charge in [-0.15, -0.1) is 0 Å². The molecule has 0 bridgehead atoms. The molecule has 0 atom stereocenters. The minimum absolute atomic E-state index is 0.0124. The Morgan fingerprint density at radius 2 is 1.67 bits per heavy atom. The molecule has 3 aromatic rings. The molecule has 0 spiro atoms. The van der Waals surface area contributed by atoms with Gasteiger partial charge >= 0.3 is 0 Å². The van der Waals surface area contributed by atoms with Gasteiger partial charge in [-0.2, -0.15) is 5.10 Å². The number of hydrazine groups is 1. The molecule has 0 aliphatic heterocycles. The fraction of sp³-hybridized carbons (Fsp3) is 0.111. The van der Waals surface area contributed by atoms with Crippen molar-refractivity contribution in [1.29, 1.82) is 0 Å². The molecule has 9 nitrogen and oxygen atoms in total. The molecule has 9 heteroatoms. The molecule has 0 radical (unpaired) electrons. The number of rotatable bonds is 5. The topological polar surface area (TPSA) is 122 Å². The van der Waals surface area contributed by atoms with E-state index in [-0.39, 0.29) is 12.3 Å². The normalized spacial score (nSPS) is 10.3. The van der Waals surface area contributed by atoms with Crippen LogP contribution in [0.1, 0.15) is 10.5 Å². The molecule has 3 rings (SSSR count). The van der Waals surface area contributed by atoms with Crippen molar-refractivity contribution >= 4 is 22.6 Å². The van der Waals surface area contributed by atoms with Crippen LogP contribution in [0.15, 0.2) is 53.3 Å². The van der Waals surface area contributed by atoms with Gasteiger partial charge in [0.25, 0.3) is 17.4 Å². The summed E-state index contributed by atoms with van der Waals surface area (Å²) in [6.45, 7) is -0.299. The first-order chi connectivity index (χ1) is 13.1. The molecular formula is C18H16N4O5. The zero-order valence-electron chi connectivity index (χ0n) is 14.3. The Balaban J connectivity index is 1.58. The predicted octanol–water partition coefficient (Wildman–Crippen LogP) is 0.772. The number of benzene rings is 2. The van der Waals surface area contributed by atoms with Crippen LogP contribution in [0.2, 0.25) is 0 Å². The number of carbonyl (C=O) groups is 2. The van der Waals surface area contributed by atoms with Crippen molar-refractivity contribution < 1.29 is 19.1 Å². The second-order valence-electron chi connectivity index (χ2n) is 5.41. The van der Waals surface area contributed by atoms with E-state index in [0.29, 0.717) is 22.3 Å². The van der Waals surface area contributed by atoms with E-state index in [1.54, 1.807) is 55.6 Å². The highest BCUT2D eigenvalue weighted by molar-refractivity contribution is 6.05. The first-order valence-corrected chi connectivity index (χ1v) is 7.92. The highest BCUT2D eigenvalue weighted by Gasteiger charge is 2.14. The van der Waals surface area contributed by atoms with Crippen LogP contribution < -0.4 is 25.9 Å². The third-order valence-corrected chi connectivity index (χ3v) is 3.66. The van der Waals surface area contributed by atoms with Gasteiger partial charge in [-0.1, -0.05) is 18.2 Å². The van der Waals surface area contributed by atoms with Gasteiger partial charge in [-0.3, -0.25) is 25.2 Å². The third kappa shape index (κ3) is 4.21. The van der Waals surface area contributed by atoms with E-state index in [1.165, 1.54) is 0 Å². The van der Waals surface area contributed by atoms with Crippen LogP contribution in [0.25, 0.3) is 10.8 Å². The Morgan fingerprint density at radius 3 is 2.37 bits per heavy atom. The zero-order valence-corrected chi connectivity index (χ0v) is 14.3. The summed E-state index contributed by atoms with van der Waals surface area (Å²) in [5, 5.41) is 6.71.